The van der Waals surface area contributed by atoms with Crippen molar-refractivity contribution in [1.82, 2.24) is 10.2 Å². The summed E-state index contributed by atoms with van der Waals surface area (Å²) in [4.78, 5) is 2.59. The minimum absolute atomic E-state index is 0.569. The molecule has 1 aromatic carbocycles. The van der Waals surface area contributed by atoms with Gasteiger partial charge in [0, 0.05) is 25.2 Å². The molecule has 1 unspecified atom stereocenters. The van der Waals surface area contributed by atoms with Crippen LogP contribution in [0, 0.1) is 0 Å². The smallest absolute Gasteiger partial charge is 0.119 e. The summed E-state index contributed by atoms with van der Waals surface area (Å²) >= 11 is 0. The average Bonchev–Trinajstić information content (AvgIpc) is 2.47. The second-order valence-corrected chi connectivity index (χ2v) is 5.91. The molecule has 112 valence electrons. The van der Waals surface area contributed by atoms with Crippen molar-refractivity contribution in [3.63, 3.8) is 0 Å². The predicted octanol–water partition coefficient (Wildman–Crippen LogP) is 2.92. The molecular formula is C17H28N2O. The molecule has 1 atom stereocenters. The maximum absolute atomic E-state index is 5.82. The molecular weight excluding hydrogens is 248 g/mol. The largest absolute Gasteiger partial charge is 0.492 e. The minimum Gasteiger partial charge on any atom is -0.492 e. The van der Waals surface area contributed by atoms with E-state index in [1.165, 1.54) is 25.8 Å². The van der Waals surface area contributed by atoms with Gasteiger partial charge in [0.25, 0.3) is 0 Å². The van der Waals surface area contributed by atoms with Gasteiger partial charge in [-0.1, -0.05) is 38.5 Å². The van der Waals surface area contributed by atoms with E-state index in [0.717, 1.165) is 25.4 Å². The molecule has 3 heteroatoms. The number of nitrogens with zero attached hydrogens (tertiary/aromatic N) is 1. The van der Waals surface area contributed by atoms with Crippen LogP contribution in [0.25, 0.3) is 0 Å². The maximum atomic E-state index is 5.82. The molecule has 1 N–H and O–H groups in total. The molecule has 1 fully saturated rings. The van der Waals surface area contributed by atoms with Crippen LogP contribution in [0.2, 0.25) is 0 Å². The lowest BCUT2D eigenvalue weighted by Gasteiger charge is -2.36. The highest BCUT2D eigenvalue weighted by molar-refractivity contribution is 5.20. The van der Waals surface area contributed by atoms with Crippen LogP contribution in [0.15, 0.2) is 30.3 Å². The van der Waals surface area contributed by atoms with Gasteiger partial charge in [0.15, 0.2) is 0 Å². The zero-order valence-electron chi connectivity index (χ0n) is 12.8. The zero-order valence-corrected chi connectivity index (χ0v) is 12.8. The van der Waals surface area contributed by atoms with Crippen molar-refractivity contribution in [2.75, 3.05) is 26.2 Å². The SMILES string of the molecule is CC(C)NCC1CCCCN1CCOc1ccccc1. The third-order valence-electron chi connectivity index (χ3n) is 3.90. The molecule has 1 aliphatic rings. The Bertz CT molecular complexity index is 367. The van der Waals surface area contributed by atoms with Gasteiger partial charge in [0.1, 0.15) is 12.4 Å². The fraction of sp³-hybridized carbons (Fsp3) is 0.647. The van der Waals surface area contributed by atoms with Gasteiger partial charge < -0.3 is 10.1 Å². The molecule has 20 heavy (non-hydrogen) atoms. The van der Waals surface area contributed by atoms with E-state index >= 15 is 0 Å². The minimum atomic E-state index is 0.569. The third-order valence-corrected chi connectivity index (χ3v) is 3.90. The third kappa shape index (κ3) is 5.14. The Labute approximate surface area is 123 Å². The van der Waals surface area contributed by atoms with Crippen molar-refractivity contribution in [2.45, 2.75) is 45.2 Å². The Morgan fingerprint density at radius 1 is 1.25 bits per heavy atom. The molecule has 1 aliphatic heterocycles. The van der Waals surface area contributed by atoms with Crippen LogP contribution in [0.4, 0.5) is 0 Å². The molecule has 1 saturated heterocycles. The fourth-order valence-electron chi connectivity index (χ4n) is 2.75. The Morgan fingerprint density at radius 3 is 2.80 bits per heavy atom. The van der Waals surface area contributed by atoms with E-state index in [4.69, 9.17) is 4.74 Å². The summed E-state index contributed by atoms with van der Waals surface area (Å²) in [7, 11) is 0. The molecule has 1 aromatic rings. The van der Waals surface area contributed by atoms with Crippen molar-refractivity contribution >= 4 is 0 Å². The van der Waals surface area contributed by atoms with E-state index in [9.17, 15) is 0 Å². The van der Waals surface area contributed by atoms with Gasteiger partial charge in [-0.3, -0.25) is 4.90 Å². The van der Waals surface area contributed by atoms with E-state index in [2.05, 4.69) is 24.1 Å². The van der Waals surface area contributed by atoms with Gasteiger partial charge in [0.2, 0.25) is 0 Å². The summed E-state index contributed by atoms with van der Waals surface area (Å²) in [6, 6.07) is 11.3. The van der Waals surface area contributed by atoms with Gasteiger partial charge in [-0.25, -0.2) is 0 Å². The summed E-state index contributed by atoms with van der Waals surface area (Å²) in [6.07, 6.45) is 4.00. The van der Waals surface area contributed by atoms with E-state index in [1.54, 1.807) is 0 Å². The van der Waals surface area contributed by atoms with Gasteiger partial charge >= 0.3 is 0 Å². The predicted molar refractivity (Wildman–Crippen MR) is 84.3 cm³/mol. The second kappa shape index (κ2) is 8.28. The van der Waals surface area contributed by atoms with Crippen LogP contribution in [0.5, 0.6) is 5.75 Å². The van der Waals surface area contributed by atoms with Crippen molar-refractivity contribution in [1.29, 1.82) is 0 Å². The number of benzene rings is 1. The number of hydrogen-bond acceptors (Lipinski definition) is 3. The Kier molecular flexibility index (Phi) is 6.34. The second-order valence-electron chi connectivity index (χ2n) is 5.91. The highest BCUT2D eigenvalue weighted by atomic mass is 16.5. The molecule has 0 radical (unpaired) electrons. The van der Waals surface area contributed by atoms with Crippen molar-refractivity contribution in [3.05, 3.63) is 30.3 Å². The van der Waals surface area contributed by atoms with Gasteiger partial charge in [0.05, 0.1) is 0 Å². The molecule has 0 aliphatic carbocycles. The first-order valence-corrected chi connectivity index (χ1v) is 7.91. The monoisotopic (exact) mass is 276 g/mol. The zero-order chi connectivity index (χ0) is 14.2. The van der Waals surface area contributed by atoms with Gasteiger partial charge in [-0.2, -0.15) is 0 Å². The lowest BCUT2D eigenvalue weighted by molar-refractivity contribution is 0.120. The topological polar surface area (TPSA) is 24.5 Å². The standard InChI is InChI=1S/C17H28N2O/c1-15(2)18-14-16-8-6-7-11-19(16)12-13-20-17-9-4-3-5-10-17/h3-5,9-10,15-16,18H,6-8,11-14H2,1-2H3. The quantitative estimate of drug-likeness (QED) is 0.829. The molecule has 1 heterocycles. The molecule has 0 aromatic heterocycles. The van der Waals surface area contributed by atoms with Crippen molar-refractivity contribution in [2.24, 2.45) is 0 Å². The summed E-state index contributed by atoms with van der Waals surface area (Å²) in [5, 5.41) is 3.57. The summed E-state index contributed by atoms with van der Waals surface area (Å²) < 4.78 is 5.82. The number of ether oxygens (including phenoxy) is 1. The van der Waals surface area contributed by atoms with Gasteiger partial charge in [-0.05, 0) is 31.5 Å². The summed E-state index contributed by atoms with van der Waals surface area (Å²) in [6.45, 7) is 8.55. The maximum Gasteiger partial charge on any atom is 0.119 e. The van der Waals surface area contributed by atoms with E-state index in [0.29, 0.717) is 12.1 Å². The van der Waals surface area contributed by atoms with E-state index < -0.39 is 0 Å². The lowest BCUT2D eigenvalue weighted by atomic mass is 10.0. The van der Waals surface area contributed by atoms with Crippen LogP contribution >= 0.6 is 0 Å². The highest BCUT2D eigenvalue weighted by Gasteiger charge is 2.21. The van der Waals surface area contributed by atoms with Crippen LogP contribution < -0.4 is 10.1 Å². The molecule has 2 rings (SSSR count). The van der Waals surface area contributed by atoms with Crippen molar-refractivity contribution in [3.8, 4) is 5.75 Å². The van der Waals surface area contributed by atoms with Gasteiger partial charge in [-0.15, -0.1) is 0 Å². The van der Waals surface area contributed by atoms with Crippen LogP contribution in [-0.4, -0.2) is 43.2 Å². The lowest BCUT2D eigenvalue weighted by Crippen LogP contribution is -2.48. The van der Waals surface area contributed by atoms with E-state index in [-0.39, 0.29) is 0 Å². The Balaban J connectivity index is 1.74. The number of piperidine rings is 1. The molecule has 0 saturated carbocycles. The van der Waals surface area contributed by atoms with Crippen molar-refractivity contribution < 1.29 is 4.74 Å². The normalized spacial score (nSPS) is 20.2. The number of hydrogen-bond donors (Lipinski definition) is 1. The first-order valence-electron chi connectivity index (χ1n) is 7.91. The Hall–Kier alpha value is -1.06. The molecule has 0 amide bonds. The Morgan fingerprint density at radius 2 is 2.05 bits per heavy atom. The number of likely N-dealkylation sites (tertiary alicyclic amines) is 1. The number of para-hydroxylation sites is 1. The number of nitrogens with one attached hydrogen (secondary N) is 1. The fourth-order valence-corrected chi connectivity index (χ4v) is 2.75. The van der Waals surface area contributed by atoms with Crippen LogP contribution in [0.3, 0.4) is 0 Å². The highest BCUT2D eigenvalue weighted by Crippen LogP contribution is 2.16. The first kappa shape index (κ1) is 15.3. The molecule has 0 bridgehead atoms. The molecule has 0 spiro atoms. The first-order chi connectivity index (χ1) is 9.75. The summed E-state index contributed by atoms with van der Waals surface area (Å²) in [5.41, 5.74) is 0. The number of rotatable bonds is 7. The molecule has 3 nitrogen and oxygen atoms in total. The van der Waals surface area contributed by atoms with Crippen LogP contribution in [0.1, 0.15) is 33.1 Å². The van der Waals surface area contributed by atoms with E-state index in [1.807, 2.05) is 30.3 Å². The average molecular weight is 276 g/mol. The van der Waals surface area contributed by atoms with Crippen LogP contribution in [-0.2, 0) is 0 Å². The summed E-state index contributed by atoms with van der Waals surface area (Å²) in [5.74, 6) is 0.973.